The molecule has 0 aliphatic rings. The summed E-state index contributed by atoms with van der Waals surface area (Å²) >= 11 is 0. The Morgan fingerprint density at radius 3 is 2.43 bits per heavy atom. The first-order chi connectivity index (χ1) is 9.83. The summed E-state index contributed by atoms with van der Waals surface area (Å²) < 4.78 is 45.3. The third-order valence-corrected chi connectivity index (χ3v) is 2.28. The number of nitrogens with two attached hydrogens (primary N) is 1. The van der Waals surface area contributed by atoms with Crippen LogP contribution in [0.15, 0.2) is 42.6 Å². The predicted molar refractivity (Wildman–Crippen MR) is 66.0 cm³/mol. The quantitative estimate of drug-likeness (QED) is 0.941. The Balaban J connectivity index is 2.12. The number of ether oxygens (including phenoxy) is 2. The number of benzene rings is 1. The van der Waals surface area contributed by atoms with E-state index in [0.29, 0.717) is 0 Å². The van der Waals surface area contributed by atoms with E-state index in [0.717, 1.165) is 12.1 Å². The standard InChI is InChI=1S/C13H9F3N2O3/c14-13(15,16)21-10-3-1-2-9(6-10)20-11-5-4-8(7-18-11)12(17)19/h1-7H,(H2,17,19). The van der Waals surface area contributed by atoms with Gasteiger partial charge < -0.3 is 15.2 Å². The Bertz CT molecular complexity index is 642. The van der Waals surface area contributed by atoms with Crippen LogP contribution in [-0.2, 0) is 0 Å². The summed E-state index contributed by atoms with van der Waals surface area (Å²) in [4.78, 5) is 14.7. The van der Waals surface area contributed by atoms with E-state index in [1.165, 1.54) is 30.5 Å². The highest BCUT2D eigenvalue weighted by Gasteiger charge is 2.31. The van der Waals surface area contributed by atoms with Crippen molar-refractivity contribution in [1.29, 1.82) is 0 Å². The molecule has 2 N–H and O–H groups in total. The van der Waals surface area contributed by atoms with E-state index >= 15 is 0 Å². The minimum Gasteiger partial charge on any atom is -0.439 e. The predicted octanol–water partition coefficient (Wildman–Crippen LogP) is 2.87. The first-order valence-corrected chi connectivity index (χ1v) is 5.63. The molecule has 1 aromatic carbocycles. The van der Waals surface area contributed by atoms with Crippen LogP contribution in [0.4, 0.5) is 13.2 Å². The molecular weight excluding hydrogens is 289 g/mol. The van der Waals surface area contributed by atoms with Gasteiger partial charge >= 0.3 is 6.36 Å². The summed E-state index contributed by atoms with van der Waals surface area (Å²) in [5, 5.41) is 0. The number of nitrogens with zero attached hydrogens (tertiary/aromatic N) is 1. The average Bonchev–Trinajstić information content (AvgIpc) is 2.37. The van der Waals surface area contributed by atoms with Gasteiger partial charge in [-0.1, -0.05) is 6.07 Å². The summed E-state index contributed by atoms with van der Waals surface area (Å²) in [6.45, 7) is 0. The molecule has 0 bridgehead atoms. The second-order valence-corrected chi connectivity index (χ2v) is 3.87. The van der Waals surface area contributed by atoms with Crippen molar-refractivity contribution in [3.8, 4) is 17.4 Å². The number of hydrogen-bond acceptors (Lipinski definition) is 4. The van der Waals surface area contributed by atoms with E-state index in [2.05, 4.69) is 9.72 Å². The number of pyridine rings is 1. The van der Waals surface area contributed by atoms with Gasteiger partial charge in [-0.15, -0.1) is 13.2 Å². The van der Waals surface area contributed by atoms with Gasteiger partial charge in [0, 0.05) is 18.3 Å². The summed E-state index contributed by atoms with van der Waals surface area (Å²) in [5.74, 6) is -0.844. The number of rotatable bonds is 4. The molecular formula is C13H9F3N2O3. The van der Waals surface area contributed by atoms with Gasteiger partial charge in [0.1, 0.15) is 11.5 Å². The van der Waals surface area contributed by atoms with Crippen LogP contribution >= 0.6 is 0 Å². The molecule has 2 aromatic rings. The second kappa shape index (κ2) is 5.70. The number of halogens is 3. The molecule has 21 heavy (non-hydrogen) atoms. The average molecular weight is 298 g/mol. The zero-order valence-corrected chi connectivity index (χ0v) is 10.4. The fraction of sp³-hybridized carbons (Fsp3) is 0.0769. The van der Waals surface area contributed by atoms with Crippen LogP contribution in [-0.4, -0.2) is 17.3 Å². The van der Waals surface area contributed by atoms with Crippen LogP contribution in [0.2, 0.25) is 0 Å². The van der Waals surface area contributed by atoms with Gasteiger partial charge in [0.05, 0.1) is 5.56 Å². The highest BCUT2D eigenvalue weighted by atomic mass is 19.4. The van der Waals surface area contributed by atoms with Crippen LogP contribution < -0.4 is 15.2 Å². The van der Waals surface area contributed by atoms with Crippen LogP contribution in [0.5, 0.6) is 17.4 Å². The monoisotopic (exact) mass is 298 g/mol. The molecule has 2 rings (SSSR count). The lowest BCUT2D eigenvalue weighted by atomic mass is 10.3. The molecule has 0 fully saturated rings. The van der Waals surface area contributed by atoms with Crippen molar-refractivity contribution in [2.45, 2.75) is 6.36 Å². The summed E-state index contributed by atoms with van der Waals surface area (Å²) in [6, 6.07) is 7.75. The van der Waals surface area contributed by atoms with Crippen LogP contribution in [0.1, 0.15) is 10.4 Å². The van der Waals surface area contributed by atoms with Crippen molar-refractivity contribution >= 4 is 5.91 Å². The molecule has 0 saturated heterocycles. The second-order valence-electron chi connectivity index (χ2n) is 3.87. The molecule has 1 amide bonds. The van der Waals surface area contributed by atoms with Crippen LogP contribution in [0.3, 0.4) is 0 Å². The highest BCUT2D eigenvalue weighted by Crippen LogP contribution is 2.28. The maximum atomic E-state index is 12.1. The number of alkyl halides is 3. The molecule has 0 aliphatic heterocycles. The van der Waals surface area contributed by atoms with Crippen LogP contribution in [0.25, 0.3) is 0 Å². The lowest BCUT2D eigenvalue weighted by molar-refractivity contribution is -0.274. The van der Waals surface area contributed by atoms with Crippen molar-refractivity contribution < 1.29 is 27.4 Å². The highest BCUT2D eigenvalue weighted by molar-refractivity contribution is 5.92. The fourth-order valence-corrected chi connectivity index (χ4v) is 1.44. The van der Waals surface area contributed by atoms with E-state index in [1.807, 2.05) is 0 Å². The third kappa shape index (κ3) is 4.37. The molecule has 110 valence electrons. The van der Waals surface area contributed by atoms with Crippen molar-refractivity contribution in [1.82, 2.24) is 4.98 Å². The molecule has 1 aromatic heterocycles. The molecule has 0 aliphatic carbocycles. The van der Waals surface area contributed by atoms with E-state index in [1.54, 1.807) is 0 Å². The lowest BCUT2D eigenvalue weighted by Crippen LogP contribution is -2.17. The van der Waals surface area contributed by atoms with Gasteiger partial charge in [0.2, 0.25) is 11.8 Å². The van der Waals surface area contributed by atoms with Gasteiger partial charge in [-0.05, 0) is 18.2 Å². The molecule has 5 nitrogen and oxygen atoms in total. The molecule has 0 radical (unpaired) electrons. The number of carbonyl (C=O) groups excluding carboxylic acids is 1. The zero-order chi connectivity index (χ0) is 15.5. The first-order valence-electron chi connectivity index (χ1n) is 5.63. The number of hydrogen-bond donors (Lipinski definition) is 1. The summed E-state index contributed by atoms with van der Waals surface area (Å²) in [6.07, 6.45) is -3.58. The van der Waals surface area contributed by atoms with E-state index in [4.69, 9.17) is 10.5 Å². The van der Waals surface area contributed by atoms with Crippen molar-refractivity contribution in [2.75, 3.05) is 0 Å². The smallest absolute Gasteiger partial charge is 0.439 e. The zero-order valence-electron chi connectivity index (χ0n) is 10.4. The Morgan fingerprint density at radius 2 is 1.86 bits per heavy atom. The van der Waals surface area contributed by atoms with Gasteiger partial charge in [-0.25, -0.2) is 4.98 Å². The van der Waals surface area contributed by atoms with Gasteiger partial charge in [-0.2, -0.15) is 0 Å². The summed E-state index contributed by atoms with van der Waals surface area (Å²) in [5.41, 5.74) is 5.24. The largest absolute Gasteiger partial charge is 0.573 e. The van der Waals surface area contributed by atoms with Gasteiger partial charge in [0.25, 0.3) is 0 Å². The van der Waals surface area contributed by atoms with Crippen molar-refractivity contribution in [2.24, 2.45) is 5.73 Å². The van der Waals surface area contributed by atoms with Crippen molar-refractivity contribution in [3.05, 3.63) is 48.2 Å². The number of aromatic nitrogens is 1. The molecule has 0 atom stereocenters. The maximum Gasteiger partial charge on any atom is 0.573 e. The molecule has 8 heteroatoms. The van der Waals surface area contributed by atoms with E-state index < -0.39 is 18.0 Å². The summed E-state index contributed by atoms with van der Waals surface area (Å²) in [7, 11) is 0. The number of primary amides is 1. The maximum absolute atomic E-state index is 12.1. The van der Waals surface area contributed by atoms with Gasteiger partial charge in [-0.3, -0.25) is 4.79 Å². The molecule has 0 unspecified atom stereocenters. The third-order valence-electron chi connectivity index (χ3n) is 2.28. The normalized spacial score (nSPS) is 11.0. The van der Waals surface area contributed by atoms with Crippen LogP contribution in [0, 0.1) is 0 Å². The van der Waals surface area contributed by atoms with Gasteiger partial charge in [0.15, 0.2) is 0 Å². The van der Waals surface area contributed by atoms with E-state index in [-0.39, 0.29) is 17.2 Å². The fourth-order valence-electron chi connectivity index (χ4n) is 1.44. The van der Waals surface area contributed by atoms with Crippen molar-refractivity contribution in [3.63, 3.8) is 0 Å². The first kappa shape index (κ1) is 14.6. The molecule has 1 heterocycles. The lowest BCUT2D eigenvalue weighted by Gasteiger charge is -2.10. The minimum atomic E-state index is -4.78. The Morgan fingerprint density at radius 1 is 1.14 bits per heavy atom. The SMILES string of the molecule is NC(=O)c1ccc(Oc2cccc(OC(F)(F)F)c2)nc1. The Labute approximate surface area is 117 Å². The minimum absolute atomic E-state index is 0.101. The topological polar surface area (TPSA) is 74.4 Å². The number of carbonyl (C=O) groups is 1. The number of amides is 1. The Kier molecular flexibility index (Phi) is 3.97. The molecule has 0 saturated carbocycles. The molecule has 0 spiro atoms. The van der Waals surface area contributed by atoms with E-state index in [9.17, 15) is 18.0 Å². The Hall–Kier alpha value is -2.77.